The molecule has 0 fully saturated rings. The van der Waals surface area contributed by atoms with Crippen LogP contribution in [0.5, 0.6) is 0 Å². The molecular weight excluding hydrogens is 399 g/mol. The fraction of sp³-hybridized carbons (Fsp3) is 0.235. The molecular formula is C17H13Cl3N4S. The number of hydrogen-bond acceptors (Lipinski definition) is 5. The average molecular weight is 412 g/mol. The van der Waals surface area contributed by atoms with Crippen LogP contribution in [-0.4, -0.2) is 26.4 Å². The van der Waals surface area contributed by atoms with Crippen molar-refractivity contribution >= 4 is 46.1 Å². The molecule has 1 aliphatic rings. The van der Waals surface area contributed by atoms with Crippen LogP contribution in [0.3, 0.4) is 0 Å². The molecule has 0 atom stereocenters. The molecule has 0 N–H and O–H groups in total. The van der Waals surface area contributed by atoms with E-state index < -0.39 is 0 Å². The second-order valence-electron chi connectivity index (χ2n) is 5.81. The first-order valence-corrected chi connectivity index (χ1v) is 9.67. The normalized spacial score (nSPS) is 14.5. The van der Waals surface area contributed by atoms with Crippen LogP contribution in [0.25, 0.3) is 11.4 Å². The average Bonchev–Trinajstić information content (AvgIpc) is 2.92. The zero-order valence-corrected chi connectivity index (χ0v) is 16.1. The Bertz CT molecular complexity index is 911. The van der Waals surface area contributed by atoms with Gasteiger partial charge in [-0.05, 0) is 24.3 Å². The van der Waals surface area contributed by atoms with Gasteiger partial charge in [0.25, 0.3) is 0 Å². The van der Waals surface area contributed by atoms with Crippen molar-refractivity contribution in [3.05, 3.63) is 61.2 Å². The lowest BCUT2D eigenvalue weighted by Gasteiger charge is -2.27. The molecule has 0 bridgehead atoms. The highest BCUT2D eigenvalue weighted by molar-refractivity contribution is 7.16. The summed E-state index contributed by atoms with van der Waals surface area (Å²) in [5.41, 5.74) is 3.22. The highest BCUT2D eigenvalue weighted by Crippen LogP contribution is 2.29. The molecule has 0 unspecified atom stereocenters. The minimum atomic E-state index is 0.480. The fourth-order valence-corrected chi connectivity index (χ4v) is 4.41. The topological polar surface area (TPSA) is 41.9 Å². The maximum absolute atomic E-state index is 6.12. The number of nitrogens with zero attached hydrogens (tertiary/aromatic N) is 4. The summed E-state index contributed by atoms with van der Waals surface area (Å²) in [5.74, 6) is 0.737. The van der Waals surface area contributed by atoms with Crippen LogP contribution in [-0.2, 0) is 19.5 Å². The molecule has 8 heteroatoms. The van der Waals surface area contributed by atoms with E-state index in [1.807, 2.05) is 30.5 Å². The number of thiazole rings is 1. The summed E-state index contributed by atoms with van der Waals surface area (Å²) >= 11 is 19.4. The van der Waals surface area contributed by atoms with Crippen molar-refractivity contribution in [2.45, 2.75) is 19.5 Å². The van der Waals surface area contributed by atoms with Gasteiger partial charge in [0.05, 0.1) is 10.6 Å². The highest BCUT2D eigenvalue weighted by Gasteiger charge is 2.21. The van der Waals surface area contributed by atoms with Crippen LogP contribution < -0.4 is 0 Å². The van der Waals surface area contributed by atoms with E-state index in [1.54, 1.807) is 0 Å². The molecule has 25 heavy (non-hydrogen) atoms. The van der Waals surface area contributed by atoms with Crippen LogP contribution in [0.1, 0.15) is 16.1 Å². The van der Waals surface area contributed by atoms with Gasteiger partial charge in [-0.2, -0.15) is 0 Å². The Balaban J connectivity index is 1.52. The predicted octanol–water partition coefficient (Wildman–Crippen LogP) is 5.12. The Morgan fingerprint density at radius 2 is 1.88 bits per heavy atom. The molecule has 0 saturated heterocycles. The zero-order chi connectivity index (χ0) is 17.4. The van der Waals surface area contributed by atoms with E-state index in [9.17, 15) is 0 Å². The van der Waals surface area contributed by atoms with Crippen molar-refractivity contribution in [3.8, 4) is 11.4 Å². The number of hydrogen-bond donors (Lipinski definition) is 0. The Labute approximate surface area is 164 Å². The Morgan fingerprint density at radius 3 is 2.60 bits per heavy atom. The largest absolute Gasteiger partial charge is 0.293 e. The Hall–Kier alpha value is -1.24. The molecule has 2 aromatic heterocycles. The van der Waals surface area contributed by atoms with Gasteiger partial charge in [0.15, 0.2) is 10.3 Å². The van der Waals surface area contributed by atoms with E-state index in [-0.39, 0.29) is 0 Å². The van der Waals surface area contributed by atoms with E-state index in [1.165, 1.54) is 11.3 Å². The maximum atomic E-state index is 6.12. The molecule has 0 saturated carbocycles. The first kappa shape index (κ1) is 17.2. The molecule has 1 aliphatic heterocycles. The fourth-order valence-electron chi connectivity index (χ4n) is 2.85. The van der Waals surface area contributed by atoms with Crippen LogP contribution >= 0.6 is 46.1 Å². The van der Waals surface area contributed by atoms with E-state index in [0.29, 0.717) is 14.6 Å². The van der Waals surface area contributed by atoms with E-state index in [0.717, 1.165) is 53.6 Å². The van der Waals surface area contributed by atoms with Crippen LogP contribution in [0.2, 0.25) is 14.6 Å². The molecule has 128 valence electrons. The van der Waals surface area contributed by atoms with Crippen molar-refractivity contribution in [2.24, 2.45) is 0 Å². The van der Waals surface area contributed by atoms with Gasteiger partial charge >= 0.3 is 0 Å². The second kappa shape index (κ2) is 7.17. The summed E-state index contributed by atoms with van der Waals surface area (Å²) in [7, 11) is 0. The number of rotatable bonds is 3. The van der Waals surface area contributed by atoms with Gasteiger partial charge in [0, 0.05) is 48.4 Å². The molecule has 0 radical (unpaired) electrons. The number of fused-ring (bicyclic) bond motifs is 1. The lowest BCUT2D eigenvalue weighted by molar-refractivity contribution is 0.245. The first-order chi connectivity index (χ1) is 12.1. The van der Waals surface area contributed by atoms with Crippen LogP contribution in [0, 0.1) is 0 Å². The molecule has 1 aromatic carbocycles. The summed E-state index contributed by atoms with van der Waals surface area (Å²) in [6.45, 7) is 2.44. The summed E-state index contributed by atoms with van der Waals surface area (Å²) < 4.78 is 0.480. The van der Waals surface area contributed by atoms with E-state index in [2.05, 4.69) is 14.9 Å². The third-order valence-electron chi connectivity index (χ3n) is 4.11. The third-order valence-corrected chi connectivity index (χ3v) is 5.93. The number of benzene rings is 1. The monoisotopic (exact) mass is 410 g/mol. The predicted molar refractivity (Wildman–Crippen MR) is 102 cm³/mol. The Kier molecular flexibility index (Phi) is 4.93. The molecule has 3 heterocycles. The van der Waals surface area contributed by atoms with Gasteiger partial charge < -0.3 is 0 Å². The molecule has 3 aromatic rings. The molecule has 4 rings (SSSR count). The standard InChI is InChI=1S/C17H13Cl3N4S/c18-12-3-1-10(2-4-12)16-21-7-11-8-24(6-5-13(11)22-16)9-14-15(19)23-17(20)25-14/h1-4,7H,5-6,8-9H2. The lowest BCUT2D eigenvalue weighted by Crippen LogP contribution is -2.30. The minimum Gasteiger partial charge on any atom is -0.293 e. The summed E-state index contributed by atoms with van der Waals surface area (Å²) in [4.78, 5) is 16.6. The molecule has 0 aliphatic carbocycles. The Morgan fingerprint density at radius 1 is 1.08 bits per heavy atom. The zero-order valence-electron chi connectivity index (χ0n) is 13.0. The second-order valence-corrected chi connectivity index (χ2v) is 8.27. The minimum absolute atomic E-state index is 0.480. The van der Waals surface area contributed by atoms with Crippen molar-refractivity contribution in [2.75, 3.05) is 6.54 Å². The summed E-state index contributed by atoms with van der Waals surface area (Å²) in [6.07, 6.45) is 2.79. The van der Waals surface area contributed by atoms with Gasteiger partial charge in [-0.15, -0.1) is 11.3 Å². The molecule has 0 spiro atoms. The first-order valence-electron chi connectivity index (χ1n) is 7.72. The quantitative estimate of drug-likeness (QED) is 0.600. The van der Waals surface area contributed by atoms with Gasteiger partial charge in [-0.3, -0.25) is 4.90 Å². The van der Waals surface area contributed by atoms with E-state index >= 15 is 0 Å². The van der Waals surface area contributed by atoms with Crippen molar-refractivity contribution in [3.63, 3.8) is 0 Å². The van der Waals surface area contributed by atoms with Gasteiger partial charge in [0.1, 0.15) is 5.15 Å². The van der Waals surface area contributed by atoms with Crippen molar-refractivity contribution in [1.82, 2.24) is 19.9 Å². The molecule has 0 amide bonds. The van der Waals surface area contributed by atoms with Gasteiger partial charge in [-0.1, -0.05) is 34.8 Å². The molecule has 4 nitrogen and oxygen atoms in total. The van der Waals surface area contributed by atoms with Gasteiger partial charge in [0.2, 0.25) is 0 Å². The van der Waals surface area contributed by atoms with Crippen molar-refractivity contribution < 1.29 is 0 Å². The third kappa shape index (κ3) is 3.81. The SMILES string of the molecule is Clc1ccc(-c2ncc3c(n2)CCN(Cc2sc(Cl)nc2Cl)C3)cc1. The van der Waals surface area contributed by atoms with Gasteiger partial charge in [-0.25, -0.2) is 15.0 Å². The summed E-state index contributed by atoms with van der Waals surface area (Å²) in [6, 6.07) is 7.58. The summed E-state index contributed by atoms with van der Waals surface area (Å²) in [5, 5.41) is 1.20. The van der Waals surface area contributed by atoms with Crippen LogP contribution in [0.15, 0.2) is 30.5 Å². The lowest BCUT2D eigenvalue weighted by atomic mass is 10.1. The smallest absolute Gasteiger partial charge is 0.185 e. The van der Waals surface area contributed by atoms with E-state index in [4.69, 9.17) is 39.8 Å². The number of halogens is 3. The maximum Gasteiger partial charge on any atom is 0.185 e. The van der Waals surface area contributed by atoms with Crippen LogP contribution in [0.4, 0.5) is 0 Å². The highest BCUT2D eigenvalue weighted by atomic mass is 35.5. The number of aromatic nitrogens is 3. The van der Waals surface area contributed by atoms with Crippen molar-refractivity contribution in [1.29, 1.82) is 0 Å².